The van der Waals surface area contributed by atoms with Crippen molar-refractivity contribution in [2.24, 2.45) is 0 Å². The molecule has 0 bridgehead atoms. The van der Waals surface area contributed by atoms with Gasteiger partial charge in [-0.25, -0.2) is 0 Å². The lowest BCUT2D eigenvalue weighted by Gasteiger charge is -2.32. The second kappa shape index (κ2) is 17.5. The molecule has 3 aromatic rings. The number of para-hydroxylation sites is 2. The molecule has 3 aromatic carbocycles. The van der Waals surface area contributed by atoms with Crippen LogP contribution < -0.4 is 24.8 Å². The van der Waals surface area contributed by atoms with Gasteiger partial charge in [-0.15, -0.1) is 0 Å². The Bertz CT molecular complexity index is 1370. The number of phenols is 1. The third kappa shape index (κ3) is 9.17. The van der Waals surface area contributed by atoms with Gasteiger partial charge < -0.3 is 34.7 Å². The number of methoxy groups -OCH3 is 1. The van der Waals surface area contributed by atoms with E-state index in [1.807, 2.05) is 49.4 Å². The molecule has 0 spiro atoms. The van der Waals surface area contributed by atoms with Crippen LogP contribution in [0.15, 0.2) is 60.7 Å². The molecule has 1 amide bonds. The van der Waals surface area contributed by atoms with E-state index in [1.54, 1.807) is 0 Å². The van der Waals surface area contributed by atoms with E-state index in [-0.39, 0.29) is 39.3 Å². The number of likely N-dealkylation sites (tertiary alicyclic amines) is 1. The van der Waals surface area contributed by atoms with Crippen molar-refractivity contribution in [3.8, 4) is 23.0 Å². The molecular formula is C34H43Cl2N3O6. The summed E-state index contributed by atoms with van der Waals surface area (Å²) in [5.41, 5.74) is 1.08. The van der Waals surface area contributed by atoms with E-state index in [4.69, 9.17) is 42.1 Å². The van der Waals surface area contributed by atoms with Gasteiger partial charge in [-0.05, 0) is 56.6 Å². The van der Waals surface area contributed by atoms with Crippen LogP contribution in [-0.2, 0) is 4.74 Å². The Kier molecular flexibility index (Phi) is 13.5. The maximum atomic E-state index is 12.4. The molecule has 11 heteroatoms. The Hall–Kier alpha value is -3.21. The average molecular weight is 661 g/mol. The highest BCUT2D eigenvalue weighted by molar-refractivity contribution is 6.37. The summed E-state index contributed by atoms with van der Waals surface area (Å²) in [4.78, 5) is 14.7. The minimum Gasteiger partial charge on any atom is -0.505 e. The number of carbonyl (C=O) groups excluding carboxylic acids is 1. The highest BCUT2D eigenvalue weighted by Gasteiger charge is 2.29. The fourth-order valence-corrected chi connectivity index (χ4v) is 6.12. The second-order valence-electron chi connectivity index (χ2n) is 10.7. The summed E-state index contributed by atoms with van der Waals surface area (Å²) in [6.07, 6.45) is 1.98. The molecule has 0 saturated carbocycles. The molecule has 0 unspecified atom stereocenters. The zero-order chi connectivity index (χ0) is 32.2. The predicted molar refractivity (Wildman–Crippen MR) is 177 cm³/mol. The van der Waals surface area contributed by atoms with Crippen LogP contribution in [-0.4, -0.2) is 81.1 Å². The van der Waals surface area contributed by atoms with Crippen molar-refractivity contribution in [1.29, 1.82) is 0 Å². The maximum Gasteiger partial charge on any atom is 0.259 e. The lowest BCUT2D eigenvalue weighted by atomic mass is 10.0. The normalized spacial score (nSPS) is 18.8. The summed E-state index contributed by atoms with van der Waals surface area (Å²) >= 11 is 11.9. The van der Waals surface area contributed by atoms with Gasteiger partial charge in [0.05, 0.1) is 30.4 Å². The van der Waals surface area contributed by atoms with Crippen LogP contribution in [0.1, 0.15) is 48.7 Å². The third-order valence-corrected chi connectivity index (χ3v) is 8.39. The number of ether oxygens (including phenoxy) is 4. The number of hydrogen-bond acceptors (Lipinski definition) is 8. The van der Waals surface area contributed by atoms with Gasteiger partial charge in [0.1, 0.15) is 11.7 Å². The summed E-state index contributed by atoms with van der Waals surface area (Å²) in [7, 11) is 1.39. The summed E-state index contributed by atoms with van der Waals surface area (Å²) in [5, 5.41) is 16.5. The molecule has 3 atom stereocenters. The minimum atomic E-state index is -0.443. The maximum absolute atomic E-state index is 12.4. The fourth-order valence-electron chi connectivity index (χ4n) is 5.58. The molecule has 5 rings (SSSR count). The van der Waals surface area contributed by atoms with Crippen molar-refractivity contribution >= 4 is 29.1 Å². The first kappa shape index (κ1) is 34.7. The number of nitrogens with one attached hydrogen (secondary N) is 2. The lowest BCUT2D eigenvalue weighted by Crippen LogP contribution is -2.43. The van der Waals surface area contributed by atoms with Crippen LogP contribution in [0.3, 0.4) is 0 Å². The number of phenolic OH excluding ortho intramolecular Hbond substituents is 1. The first-order valence-corrected chi connectivity index (χ1v) is 16.2. The molecule has 2 fully saturated rings. The number of halogens is 2. The van der Waals surface area contributed by atoms with Gasteiger partial charge in [0, 0.05) is 25.7 Å². The number of aromatic hydroxyl groups is 1. The molecule has 0 radical (unpaired) electrons. The molecule has 2 aliphatic rings. The third-order valence-electron chi connectivity index (χ3n) is 7.82. The van der Waals surface area contributed by atoms with Crippen molar-refractivity contribution in [2.75, 3.05) is 53.0 Å². The molecule has 0 aromatic heterocycles. The molecule has 2 heterocycles. The fraction of sp³-hybridized carbons (Fsp3) is 0.441. The summed E-state index contributed by atoms with van der Waals surface area (Å²) < 4.78 is 23.1. The molecule has 244 valence electrons. The molecule has 2 aliphatic heterocycles. The van der Waals surface area contributed by atoms with Crippen molar-refractivity contribution in [1.82, 2.24) is 15.5 Å². The Balaban J connectivity index is 0.000000205. The van der Waals surface area contributed by atoms with Crippen LogP contribution in [0.2, 0.25) is 10.0 Å². The highest BCUT2D eigenvalue weighted by atomic mass is 35.5. The quantitative estimate of drug-likeness (QED) is 0.227. The Morgan fingerprint density at radius 1 is 1.11 bits per heavy atom. The number of hydrogen-bond donors (Lipinski definition) is 3. The van der Waals surface area contributed by atoms with Gasteiger partial charge in [-0.1, -0.05) is 72.6 Å². The van der Waals surface area contributed by atoms with Crippen LogP contribution >= 0.6 is 23.2 Å². The second-order valence-corrected chi connectivity index (χ2v) is 11.5. The molecule has 0 aliphatic carbocycles. The number of nitrogens with zero attached hydrogens (tertiary/aromatic N) is 1. The van der Waals surface area contributed by atoms with E-state index >= 15 is 0 Å². The summed E-state index contributed by atoms with van der Waals surface area (Å²) in [6.45, 7) is 9.56. The standard InChI is InChI=1S/C19H23NO3.C15H20Cl2N2O3/c1-2-21-16-10-6-7-11-17(16)23-19(15-8-4-3-5-9-15)18-14-20-12-13-22-18;1-3-19-6-4-5-9(19)8-18-15(21)12-13(20)10(16)7-11(17)14(12)22-2/h3-11,18-20H,2,12-14H2,1H3;7,9,20H,3-6,8H2,1-2H3,(H,18,21)/t18-,19-;9-/m00/s1. The number of carbonyl (C=O) groups is 1. The van der Waals surface area contributed by atoms with Gasteiger partial charge in [0.15, 0.2) is 29.1 Å². The van der Waals surface area contributed by atoms with Crippen molar-refractivity contribution in [2.45, 2.75) is 44.9 Å². The first-order chi connectivity index (χ1) is 21.9. The van der Waals surface area contributed by atoms with Gasteiger partial charge in [0.25, 0.3) is 5.91 Å². The minimum absolute atomic E-state index is 0.0204. The summed E-state index contributed by atoms with van der Waals surface area (Å²) in [5.74, 6) is 0.873. The van der Waals surface area contributed by atoms with E-state index < -0.39 is 5.91 Å². The van der Waals surface area contributed by atoms with Crippen molar-refractivity contribution < 1.29 is 28.8 Å². The Labute approximate surface area is 275 Å². The van der Waals surface area contributed by atoms with Gasteiger partial charge in [0.2, 0.25) is 0 Å². The van der Waals surface area contributed by atoms with Crippen LogP contribution in [0, 0.1) is 0 Å². The van der Waals surface area contributed by atoms with E-state index in [2.05, 4.69) is 34.6 Å². The van der Waals surface area contributed by atoms with Crippen LogP contribution in [0.4, 0.5) is 0 Å². The SMILES string of the molecule is CCN1CCC[C@H]1CNC(=O)c1c(O)c(Cl)cc(Cl)c1OC.CCOc1ccccc1O[C@@H](c1ccccc1)[C@@H]1CNCCO1. The van der Waals surface area contributed by atoms with Crippen molar-refractivity contribution in [3.63, 3.8) is 0 Å². The average Bonchev–Trinajstić information content (AvgIpc) is 3.53. The Morgan fingerprint density at radius 2 is 1.84 bits per heavy atom. The van der Waals surface area contributed by atoms with E-state index in [9.17, 15) is 9.90 Å². The number of likely N-dealkylation sites (N-methyl/N-ethyl adjacent to an activating group) is 1. The lowest BCUT2D eigenvalue weighted by molar-refractivity contribution is -0.0439. The zero-order valence-electron chi connectivity index (χ0n) is 26.1. The van der Waals surface area contributed by atoms with Gasteiger partial charge in [-0.3, -0.25) is 9.69 Å². The molecule has 3 N–H and O–H groups in total. The zero-order valence-corrected chi connectivity index (χ0v) is 27.6. The highest BCUT2D eigenvalue weighted by Crippen LogP contribution is 2.40. The Morgan fingerprint density at radius 3 is 2.51 bits per heavy atom. The van der Waals surface area contributed by atoms with Crippen LogP contribution in [0.25, 0.3) is 0 Å². The number of amides is 1. The summed E-state index contributed by atoms with van der Waals surface area (Å²) in [6, 6.07) is 19.7. The largest absolute Gasteiger partial charge is 0.505 e. The van der Waals surface area contributed by atoms with Crippen LogP contribution in [0.5, 0.6) is 23.0 Å². The topological polar surface area (TPSA) is 102 Å². The number of morpholine rings is 1. The monoisotopic (exact) mass is 659 g/mol. The van der Waals surface area contributed by atoms with E-state index in [1.165, 1.54) is 13.2 Å². The first-order valence-electron chi connectivity index (χ1n) is 15.4. The van der Waals surface area contributed by atoms with Gasteiger partial charge in [-0.2, -0.15) is 0 Å². The smallest absolute Gasteiger partial charge is 0.259 e. The van der Waals surface area contributed by atoms with Gasteiger partial charge >= 0.3 is 0 Å². The molecular weight excluding hydrogens is 617 g/mol. The van der Waals surface area contributed by atoms with Crippen molar-refractivity contribution in [3.05, 3.63) is 81.8 Å². The predicted octanol–water partition coefficient (Wildman–Crippen LogP) is 6.12. The molecule has 45 heavy (non-hydrogen) atoms. The molecule has 2 saturated heterocycles. The number of rotatable bonds is 11. The van der Waals surface area contributed by atoms with E-state index in [0.717, 1.165) is 56.1 Å². The molecule has 9 nitrogen and oxygen atoms in total. The number of benzene rings is 3. The van der Waals surface area contributed by atoms with E-state index in [0.29, 0.717) is 25.8 Å².